The fourth-order valence-electron chi connectivity index (χ4n) is 1.57. The Balaban J connectivity index is 0.000000147. The van der Waals surface area contributed by atoms with E-state index in [9.17, 15) is 0 Å². The number of hydrogen-bond donors (Lipinski definition) is 4. The minimum Gasteiger partial charge on any atom is -0.341 e. The fraction of sp³-hybridized carbons (Fsp3) is 0. The first-order valence-electron chi connectivity index (χ1n) is 5.49. The van der Waals surface area contributed by atoms with Gasteiger partial charge in [0, 0.05) is 0 Å². The Kier molecular flexibility index (Phi) is 5.03. The summed E-state index contributed by atoms with van der Waals surface area (Å²) < 4.78 is 1.09. The van der Waals surface area contributed by atoms with Crippen LogP contribution in [0.15, 0.2) is 25.3 Å². The number of H-pyrrole nitrogens is 4. The van der Waals surface area contributed by atoms with Gasteiger partial charge in [-0.25, -0.2) is 19.9 Å². The van der Waals surface area contributed by atoms with Gasteiger partial charge in [0.05, 0.1) is 25.3 Å². The van der Waals surface area contributed by atoms with Crippen LogP contribution in [0.1, 0.15) is 0 Å². The average molecular weight is 411 g/mol. The summed E-state index contributed by atoms with van der Waals surface area (Å²) in [5.41, 5.74) is 3.08. The monoisotopic (exact) mass is 410 g/mol. The molecule has 0 saturated carbocycles. The number of rotatable bonds is 0. The molecule has 0 aromatic carbocycles. The van der Waals surface area contributed by atoms with Crippen LogP contribution in [0, 0.1) is 9.28 Å². The van der Waals surface area contributed by atoms with Gasteiger partial charge < -0.3 is 19.9 Å². The largest absolute Gasteiger partial charge is 2.00 e. The van der Waals surface area contributed by atoms with Crippen molar-refractivity contribution in [1.82, 2.24) is 39.9 Å². The van der Waals surface area contributed by atoms with Crippen molar-refractivity contribution in [2.45, 2.75) is 0 Å². The third kappa shape index (κ3) is 3.27. The SMILES string of the molecule is S=c1nc[nH]c2nc[nH]c12.S=c1nc[nH]c2nc[nH]c12.[Pd+2]. The summed E-state index contributed by atoms with van der Waals surface area (Å²) in [5.74, 6) is 0. The van der Waals surface area contributed by atoms with Gasteiger partial charge in [0.15, 0.2) is 20.6 Å². The molecule has 21 heavy (non-hydrogen) atoms. The van der Waals surface area contributed by atoms with Crippen molar-refractivity contribution in [3.63, 3.8) is 0 Å². The second-order valence-corrected chi connectivity index (χ2v) is 4.44. The van der Waals surface area contributed by atoms with Crippen molar-refractivity contribution in [3.8, 4) is 0 Å². The molecular weight excluding hydrogens is 403 g/mol. The maximum absolute atomic E-state index is 4.91. The summed E-state index contributed by atoms with van der Waals surface area (Å²) in [6.07, 6.45) is 6.23. The van der Waals surface area contributed by atoms with E-state index in [1.165, 1.54) is 12.7 Å². The van der Waals surface area contributed by atoms with Gasteiger partial charge in [0.25, 0.3) is 0 Å². The zero-order valence-electron chi connectivity index (χ0n) is 10.2. The molecule has 108 valence electrons. The van der Waals surface area contributed by atoms with Crippen LogP contribution in [0.3, 0.4) is 0 Å². The zero-order chi connectivity index (χ0) is 13.9. The van der Waals surface area contributed by atoms with Crippen LogP contribution in [-0.2, 0) is 20.4 Å². The van der Waals surface area contributed by atoms with Gasteiger partial charge >= 0.3 is 20.4 Å². The van der Waals surface area contributed by atoms with Gasteiger partial charge in [0.1, 0.15) is 11.0 Å². The van der Waals surface area contributed by atoms with Crippen LogP contribution < -0.4 is 0 Å². The molecule has 4 aromatic rings. The smallest absolute Gasteiger partial charge is 0.341 e. The van der Waals surface area contributed by atoms with E-state index in [-0.39, 0.29) is 20.4 Å². The Morgan fingerprint density at radius 3 is 1.38 bits per heavy atom. The molecule has 4 rings (SSSR count). The van der Waals surface area contributed by atoms with E-state index in [4.69, 9.17) is 24.4 Å². The Bertz CT molecular complexity index is 888. The summed E-state index contributed by atoms with van der Waals surface area (Å²) >= 11 is 9.81. The molecule has 0 aliphatic carbocycles. The summed E-state index contributed by atoms with van der Waals surface area (Å²) in [6.45, 7) is 0. The molecule has 0 aliphatic heterocycles. The molecule has 4 heterocycles. The van der Waals surface area contributed by atoms with Crippen molar-refractivity contribution < 1.29 is 20.4 Å². The molecule has 4 aromatic heterocycles. The molecule has 0 spiro atoms. The quantitative estimate of drug-likeness (QED) is 0.260. The number of nitrogens with one attached hydrogen (secondary N) is 4. The molecule has 0 radical (unpaired) electrons. The van der Waals surface area contributed by atoms with Crippen molar-refractivity contribution in [2.24, 2.45) is 0 Å². The summed E-state index contributed by atoms with van der Waals surface area (Å²) in [6, 6.07) is 0. The molecule has 0 amide bonds. The first kappa shape index (κ1) is 15.6. The van der Waals surface area contributed by atoms with Gasteiger partial charge in [-0.1, -0.05) is 24.4 Å². The van der Waals surface area contributed by atoms with Crippen molar-refractivity contribution in [2.75, 3.05) is 0 Å². The van der Waals surface area contributed by atoms with E-state index in [1.807, 2.05) is 0 Å². The summed E-state index contributed by atoms with van der Waals surface area (Å²) in [7, 11) is 0. The Morgan fingerprint density at radius 2 is 1.00 bits per heavy atom. The van der Waals surface area contributed by atoms with E-state index in [0.717, 1.165) is 22.3 Å². The van der Waals surface area contributed by atoms with Gasteiger partial charge in [-0.2, -0.15) is 0 Å². The van der Waals surface area contributed by atoms with Crippen LogP contribution in [-0.4, -0.2) is 39.9 Å². The summed E-state index contributed by atoms with van der Waals surface area (Å²) in [4.78, 5) is 27.1. The molecular formula is C10H8N8PdS2+2. The van der Waals surface area contributed by atoms with E-state index in [0.29, 0.717) is 9.28 Å². The van der Waals surface area contributed by atoms with E-state index < -0.39 is 0 Å². The van der Waals surface area contributed by atoms with Crippen LogP contribution in [0.25, 0.3) is 22.3 Å². The number of hydrogen-bond acceptors (Lipinski definition) is 6. The minimum absolute atomic E-state index is 0. The number of aromatic nitrogens is 8. The normalized spacial score (nSPS) is 9.90. The zero-order valence-corrected chi connectivity index (χ0v) is 13.4. The second-order valence-electron chi connectivity index (χ2n) is 3.67. The van der Waals surface area contributed by atoms with Crippen molar-refractivity contribution >= 4 is 46.8 Å². The predicted octanol–water partition coefficient (Wildman–Crippen LogP) is 2.03. The topological polar surface area (TPSA) is 115 Å². The van der Waals surface area contributed by atoms with Crippen molar-refractivity contribution in [3.05, 3.63) is 34.6 Å². The molecule has 0 fully saturated rings. The van der Waals surface area contributed by atoms with Gasteiger partial charge in [-0.15, -0.1) is 0 Å². The van der Waals surface area contributed by atoms with Gasteiger partial charge in [-0.3, -0.25) is 0 Å². The molecule has 0 bridgehead atoms. The molecule has 0 unspecified atom stereocenters. The number of fused-ring (bicyclic) bond motifs is 2. The number of aromatic amines is 4. The first-order chi connectivity index (χ1) is 9.75. The summed E-state index contributed by atoms with van der Waals surface area (Å²) in [5, 5.41) is 0. The Labute approximate surface area is 141 Å². The number of imidazole rings is 2. The molecule has 0 aliphatic rings. The molecule has 8 nitrogen and oxygen atoms in total. The fourth-order valence-corrected chi connectivity index (χ4v) is 1.98. The van der Waals surface area contributed by atoms with E-state index >= 15 is 0 Å². The van der Waals surface area contributed by atoms with Crippen LogP contribution in [0.4, 0.5) is 0 Å². The molecule has 0 atom stereocenters. The molecule has 0 saturated heterocycles. The third-order valence-corrected chi connectivity index (χ3v) is 3.09. The standard InChI is InChI=1S/2C5H4N4S.Pd/c2*10-5-3-4(7-1-6-3)8-2-9-5;/h2*1-2H,(H2,6,7,8,9,10);/q;;+2. The first-order valence-corrected chi connectivity index (χ1v) is 6.31. The third-order valence-electron chi connectivity index (χ3n) is 2.47. The van der Waals surface area contributed by atoms with E-state index in [1.54, 1.807) is 12.7 Å². The maximum Gasteiger partial charge on any atom is 2.00 e. The molecule has 11 heteroatoms. The maximum atomic E-state index is 4.91. The average Bonchev–Trinajstić information content (AvgIpc) is 3.08. The van der Waals surface area contributed by atoms with Crippen LogP contribution >= 0.6 is 24.4 Å². The van der Waals surface area contributed by atoms with Crippen LogP contribution in [0.2, 0.25) is 0 Å². The van der Waals surface area contributed by atoms with Gasteiger partial charge in [-0.05, 0) is 0 Å². The Morgan fingerprint density at radius 1 is 0.619 bits per heavy atom. The molecule has 4 N–H and O–H groups in total. The minimum atomic E-state index is 0. The second kappa shape index (κ2) is 6.77. The van der Waals surface area contributed by atoms with E-state index in [2.05, 4.69) is 39.9 Å². The van der Waals surface area contributed by atoms with Crippen LogP contribution in [0.5, 0.6) is 0 Å². The predicted molar refractivity (Wildman–Crippen MR) is 78.1 cm³/mol. The van der Waals surface area contributed by atoms with Crippen molar-refractivity contribution in [1.29, 1.82) is 0 Å². The van der Waals surface area contributed by atoms with Gasteiger partial charge in [0.2, 0.25) is 0 Å². The number of nitrogens with zero attached hydrogens (tertiary/aromatic N) is 4. The Hall–Kier alpha value is -1.80.